The van der Waals surface area contributed by atoms with E-state index in [-0.39, 0.29) is 11.8 Å². The minimum atomic E-state index is -0.247. The van der Waals surface area contributed by atoms with Crippen LogP contribution in [0.2, 0.25) is 5.02 Å². The Labute approximate surface area is 162 Å². The van der Waals surface area contributed by atoms with E-state index in [2.05, 4.69) is 5.32 Å². The summed E-state index contributed by atoms with van der Waals surface area (Å²) in [7, 11) is 0. The molecule has 0 radical (unpaired) electrons. The van der Waals surface area contributed by atoms with Gasteiger partial charge in [-0.15, -0.1) is 0 Å². The van der Waals surface area contributed by atoms with Crippen LogP contribution in [0.25, 0.3) is 0 Å². The van der Waals surface area contributed by atoms with Crippen molar-refractivity contribution >= 4 is 34.8 Å². The van der Waals surface area contributed by atoms with Gasteiger partial charge in [0.05, 0.1) is 0 Å². The molecule has 1 N–H and O–H groups in total. The van der Waals surface area contributed by atoms with Gasteiger partial charge in [-0.2, -0.15) is 0 Å². The fraction of sp³-hybridized carbons (Fsp3) is 0.0909. The number of fused-ring (bicyclic) bond motifs is 1. The highest BCUT2D eigenvalue weighted by molar-refractivity contribution is 6.31. The SMILES string of the molecule is O=C(Nc1cccc(Cl)c1)c1ccc(C(=O)N2CCc3ccccc32)cc1. The number of hydrogen-bond acceptors (Lipinski definition) is 2. The molecule has 0 unspecified atom stereocenters. The Balaban J connectivity index is 1.49. The van der Waals surface area contributed by atoms with Crippen molar-refractivity contribution in [3.63, 3.8) is 0 Å². The summed E-state index contributed by atoms with van der Waals surface area (Å²) in [5.41, 5.74) is 3.81. The van der Waals surface area contributed by atoms with E-state index >= 15 is 0 Å². The lowest BCUT2D eigenvalue weighted by molar-refractivity contribution is 0.0986. The van der Waals surface area contributed by atoms with Gasteiger partial charge in [-0.3, -0.25) is 9.59 Å². The third-order valence-electron chi connectivity index (χ3n) is 4.61. The summed E-state index contributed by atoms with van der Waals surface area (Å²) in [6.45, 7) is 0.676. The molecule has 3 aromatic rings. The third kappa shape index (κ3) is 3.57. The zero-order valence-electron chi connectivity index (χ0n) is 14.5. The number of hydrogen-bond donors (Lipinski definition) is 1. The first-order chi connectivity index (χ1) is 13.1. The lowest BCUT2D eigenvalue weighted by Crippen LogP contribution is -2.28. The number of nitrogens with zero attached hydrogens (tertiary/aromatic N) is 1. The van der Waals surface area contributed by atoms with Crippen molar-refractivity contribution in [2.75, 3.05) is 16.8 Å². The Kier molecular flexibility index (Phi) is 4.65. The summed E-state index contributed by atoms with van der Waals surface area (Å²) in [6.07, 6.45) is 0.863. The van der Waals surface area contributed by atoms with Crippen molar-refractivity contribution in [3.8, 4) is 0 Å². The van der Waals surface area contributed by atoms with Crippen molar-refractivity contribution < 1.29 is 9.59 Å². The van der Waals surface area contributed by atoms with Crippen LogP contribution in [-0.2, 0) is 6.42 Å². The number of halogens is 1. The van der Waals surface area contributed by atoms with Gasteiger partial charge in [0.2, 0.25) is 0 Å². The minimum absolute atomic E-state index is 0.0539. The van der Waals surface area contributed by atoms with Crippen LogP contribution < -0.4 is 10.2 Å². The van der Waals surface area contributed by atoms with E-state index in [0.717, 1.165) is 12.1 Å². The van der Waals surface area contributed by atoms with Gasteiger partial charge in [-0.1, -0.05) is 35.9 Å². The van der Waals surface area contributed by atoms with Crippen LogP contribution in [0, 0.1) is 0 Å². The number of para-hydroxylation sites is 1. The van der Waals surface area contributed by atoms with Gasteiger partial charge >= 0.3 is 0 Å². The molecule has 0 bridgehead atoms. The maximum Gasteiger partial charge on any atom is 0.258 e. The molecule has 1 heterocycles. The Morgan fingerprint density at radius 1 is 0.889 bits per heavy atom. The molecule has 2 amide bonds. The monoisotopic (exact) mass is 376 g/mol. The summed E-state index contributed by atoms with van der Waals surface area (Å²) >= 11 is 5.93. The van der Waals surface area contributed by atoms with Gasteiger partial charge in [0.25, 0.3) is 11.8 Å². The maximum absolute atomic E-state index is 12.8. The summed E-state index contributed by atoms with van der Waals surface area (Å²) < 4.78 is 0. The van der Waals surface area contributed by atoms with Gasteiger partial charge < -0.3 is 10.2 Å². The number of carbonyl (C=O) groups is 2. The zero-order valence-corrected chi connectivity index (χ0v) is 15.2. The number of nitrogens with one attached hydrogen (secondary N) is 1. The van der Waals surface area contributed by atoms with Gasteiger partial charge in [-0.25, -0.2) is 0 Å². The maximum atomic E-state index is 12.8. The van der Waals surface area contributed by atoms with Crippen molar-refractivity contribution in [2.45, 2.75) is 6.42 Å². The Morgan fingerprint density at radius 2 is 1.63 bits per heavy atom. The Hall–Kier alpha value is -3.11. The zero-order chi connectivity index (χ0) is 18.8. The molecular formula is C22H17ClN2O2. The highest BCUT2D eigenvalue weighted by Gasteiger charge is 2.25. The first-order valence-corrected chi connectivity index (χ1v) is 9.06. The Bertz CT molecular complexity index is 1010. The second-order valence-corrected chi connectivity index (χ2v) is 6.81. The summed E-state index contributed by atoms with van der Waals surface area (Å²) in [5.74, 6) is -0.301. The summed E-state index contributed by atoms with van der Waals surface area (Å²) in [6, 6.07) is 21.6. The lowest BCUT2D eigenvalue weighted by Gasteiger charge is -2.17. The van der Waals surface area contributed by atoms with Crippen molar-refractivity contribution in [2.24, 2.45) is 0 Å². The molecule has 0 saturated carbocycles. The highest BCUT2D eigenvalue weighted by atomic mass is 35.5. The second kappa shape index (κ2) is 7.25. The van der Waals surface area contributed by atoms with Crippen molar-refractivity contribution in [1.29, 1.82) is 0 Å². The average molecular weight is 377 g/mol. The van der Waals surface area contributed by atoms with E-state index in [4.69, 9.17) is 11.6 Å². The van der Waals surface area contributed by atoms with E-state index in [0.29, 0.717) is 28.4 Å². The first-order valence-electron chi connectivity index (χ1n) is 8.68. The van der Waals surface area contributed by atoms with Crippen LogP contribution in [-0.4, -0.2) is 18.4 Å². The van der Waals surface area contributed by atoms with E-state index in [1.54, 1.807) is 53.4 Å². The largest absolute Gasteiger partial charge is 0.322 e. The molecule has 0 aliphatic carbocycles. The molecule has 1 aliphatic heterocycles. The smallest absolute Gasteiger partial charge is 0.258 e. The topological polar surface area (TPSA) is 49.4 Å². The van der Waals surface area contributed by atoms with Gasteiger partial charge in [0, 0.05) is 34.1 Å². The number of rotatable bonds is 3. The molecule has 134 valence electrons. The first kappa shape index (κ1) is 17.3. The molecule has 0 fully saturated rings. The van der Waals surface area contributed by atoms with Crippen LogP contribution >= 0.6 is 11.6 Å². The summed E-state index contributed by atoms with van der Waals surface area (Å²) in [4.78, 5) is 27.0. The van der Waals surface area contributed by atoms with Crippen LogP contribution in [0.4, 0.5) is 11.4 Å². The molecule has 1 aliphatic rings. The molecule has 4 rings (SSSR count). The van der Waals surface area contributed by atoms with Gasteiger partial charge in [-0.05, 0) is 60.5 Å². The van der Waals surface area contributed by atoms with Crippen LogP contribution in [0.5, 0.6) is 0 Å². The molecule has 3 aromatic carbocycles. The molecule has 0 spiro atoms. The standard InChI is InChI=1S/C22H17ClN2O2/c23-18-5-3-6-19(14-18)24-21(26)16-8-10-17(11-9-16)22(27)25-13-12-15-4-1-2-7-20(15)25/h1-11,14H,12-13H2,(H,24,26). The van der Waals surface area contributed by atoms with Crippen molar-refractivity contribution in [3.05, 3.63) is 94.5 Å². The minimum Gasteiger partial charge on any atom is -0.322 e. The quantitative estimate of drug-likeness (QED) is 0.714. The molecular weight excluding hydrogens is 360 g/mol. The number of amides is 2. The average Bonchev–Trinajstić information content (AvgIpc) is 3.12. The van der Waals surface area contributed by atoms with Crippen LogP contribution in [0.15, 0.2) is 72.8 Å². The van der Waals surface area contributed by atoms with Gasteiger partial charge in [0.15, 0.2) is 0 Å². The summed E-state index contributed by atoms with van der Waals surface area (Å²) in [5, 5.41) is 3.35. The van der Waals surface area contributed by atoms with Crippen molar-refractivity contribution in [1.82, 2.24) is 0 Å². The van der Waals surface area contributed by atoms with E-state index in [1.807, 2.05) is 24.3 Å². The van der Waals surface area contributed by atoms with E-state index in [1.165, 1.54) is 5.56 Å². The molecule has 4 nitrogen and oxygen atoms in total. The number of benzene rings is 3. The number of anilines is 2. The second-order valence-electron chi connectivity index (χ2n) is 6.38. The molecule has 5 heteroatoms. The molecule has 0 aromatic heterocycles. The van der Waals surface area contributed by atoms with E-state index < -0.39 is 0 Å². The predicted molar refractivity (Wildman–Crippen MR) is 108 cm³/mol. The molecule has 27 heavy (non-hydrogen) atoms. The number of carbonyl (C=O) groups excluding carboxylic acids is 2. The molecule has 0 saturated heterocycles. The normalized spacial score (nSPS) is 12.6. The highest BCUT2D eigenvalue weighted by Crippen LogP contribution is 2.28. The van der Waals surface area contributed by atoms with Crippen LogP contribution in [0.3, 0.4) is 0 Å². The third-order valence-corrected chi connectivity index (χ3v) is 4.84. The van der Waals surface area contributed by atoms with Gasteiger partial charge in [0.1, 0.15) is 0 Å². The fourth-order valence-electron chi connectivity index (χ4n) is 3.24. The fourth-order valence-corrected chi connectivity index (χ4v) is 3.43. The Morgan fingerprint density at radius 3 is 2.41 bits per heavy atom. The van der Waals surface area contributed by atoms with Crippen LogP contribution in [0.1, 0.15) is 26.3 Å². The molecule has 0 atom stereocenters. The lowest BCUT2D eigenvalue weighted by atomic mass is 10.1. The van der Waals surface area contributed by atoms with E-state index in [9.17, 15) is 9.59 Å². The predicted octanol–water partition coefficient (Wildman–Crippen LogP) is 4.80.